The van der Waals surface area contributed by atoms with Gasteiger partial charge in [-0.05, 0) is 90.5 Å². The molecule has 4 aliphatic rings. The first-order valence-electron chi connectivity index (χ1n) is 18.0. The van der Waals surface area contributed by atoms with Gasteiger partial charge in [0.1, 0.15) is 34.3 Å². The molecular formula is C38H52N4O8S. The Morgan fingerprint density at radius 2 is 1.73 bits per heavy atom. The second kappa shape index (κ2) is 15.3. The van der Waals surface area contributed by atoms with Crippen molar-refractivity contribution in [2.75, 3.05) is 6.54 Å². The summed E-state index contributed by atoms with van der Waals surface area (Å²) in [5, 5.41) is 2.92. The van der Waals surface area contributed by atoms with Gasteiger partial charge in [0.05, 0.1) is 17.7 Å². The lowest BCUT2D eigenvalue weighted by atomic mass is 9.95. The predicted molar refractivity (Wildman–Crippen MR) is 191 cm³/mol. The minimum absolute atomic E-state index is 0.00922. The van der Waals surface area contributed by atoms with Gasteiger partial charge < -0.3 is 19.7 Å². The summed E-state index contributed by atoms with van der Waals surface area (Å²) in [6.45, 7) is 11.2. The zero-order valence-corrected chi connectivity index (χ0v) is 31.4. The van der Waals surface area contributed by atoms with Gasteiger partial charge in [-0.1, -0.05) is 37.1 Å². The Balaban J connectivity index is 1.42. The smallest absolute Gasteiger partial charge is 0.410 e. The van der Waals surface area contributed by atoms with Crippen LogP contribution < -0.4 is 10.0 Å². The van der Waals surface area contributed by atoms with Crippen molar-refractivity contribution >= 4 is 40.8 Å². The first-order valence-corrected chi connectivity index (χ1v) is 19.1. The summed E-state index contributed by atoms with van der Waals surface area (Å²) in [7, 11) is -1.73. The SMILES string of the molecule is CC(C)(C)OC(=O)C[C@H]1CCCCCC=C=C[C@@H]2C[C@@]2(C(=O)N[S@](=O)C(C)(C)C)NC(=O)[C@@H]2C[C@@H](OC(=O)N3Cc4ccccc4C3)CN2C1=O. The quantitative estimate of drug-likeness (QED) is 0.331. The molecule has 1 saturated heterocycles. The molecule has 12 nitrogen and oxygen atoms in total. The molecule has 1 saturated carbocycles. The average Bonchev–Trinajstić information content (AvgIpc) is 3.35. The van der Waals surface area contributed by atoms with E-state index in [1.54, 1.807) is 52.5 Å². The Morgan fingerprint density at radius 3 is 2.37 bits per heavy atom. The van der Waals surface area contributed by atoms with Crippen molar-refractivity contribution in [3.8, 4) is 0 Å². The number of esters is 1. The van der Waals surface area contributed by atoms with Crippen LogP contribution in [-0.4, -0.2) is 78.4 Å². The zero-order chi connectivity index (χ0) is 37.1. The fourth-order valence-electron chi connectivity index (χ4n) is 6.85. The van der Waals surface area contributed by atoms with Crippen LogP contribution in [0.5, 0.6) is 0 Å². The van der Waals surface area contributed by atoms with Crippen LogP contribution in [0.1, 0.15) is 104 Å². The highest BCUT2D eigenvalue weighted by Crippen LogP contribution is 2.45. The van der Waals surface area contributed by atoms with E-state index in [1.165, 1.54) is 4.90 Å². The zero-order valence-electron chi connectivity index (χ0n) is 30.6. The van der Waals surface area contributed by atoms with E-state index in [-0.39, 0.29) is 25.8 Å². The Labute approximate surface area is 303 Å². The molecule has 2 N–H and O–H groups in total. The van der Waals surface area contributed by atoms with E-state index in [4.69, 9.17) is 9.47 Å². The van der Waals surface area contributed by atoms with E-state index in [0.29, 0.717) is 25.9 Å². The molecule has 4 amide bonds. The van der Waals surface area contributed by atoms with E-state index in [0.717, 1.165) is 30.4 Å². The van der Waals surface area contributed by atoms with Gasteiger partial charge in [0.2, 0.25) is 11.8 Å². The fraction of sp³-hybridized carbons (Fsp3) is 0.632. The van der Waals surface area contributed by atoms with Crippen molar-refractivity contribution in [2.45, 2.75) is 134 Å². The lowest BCUT2D eigenvalue weighted by molar-refractivity contribution is -0.159. The summed E-state index contributed by atoms with van der Waals surface area (Å²) >= 11 is 0. The Hall–Kier alpha value is -3.96. The monoisotopic (exact) mass is 724 g/mol. The van der Waals surface area contributed by atoms with Crippen molar-refractivity contribution in [1.82, 2.24) is 19.8 Å². The summed E-state index contributed by atoms with van der Waals surface area (Å²) in [4.78, 5) is 71.8. The summed E-state index contributed by atoms with van der Waals surface area (Å²) in [6, 6.07) is 6.67. The Morgan fingerprint density at radius 1 is 1.04 bits per heavy atom. The van der Waals surface area contributed by atoms with Crippen molar-refractivity contribution in [3.05, 3.63) is 53.3 Å². The first kappa shape index (κ1) is 38.3. The maximum Gasteiger partial charge on any atom is 0.410 e. The van der Waals surface area contributed by atoms with Crippen LogP contribution in [0.25, 0.3) is 0 Å². The van der Waals surface area contributed by atoms with Gasteiger partial charge in [0.15, 0.2) is 0 Å². The third-order valence-electron chi connectivity index (χ3n) is 9.72. The molecular weight excluding hydrogens is 673 g/mol. The number of fused-ring (bicyclic) bond motifs is 3. The molecule has 13 heteroatoms. The summed E-state index contributed by atoms with van der Waals surface area (Å²) in [6.07, 6.45) is 5.90. The molecule has 1 aliphatic carbocycles. The standard InChI is InChI=1S/C38H52N4O8S/c1-36(2,3)50-31(43)19-25-15-11-9-7-8-10-12-18-28-21-38(28,34(46)40-51(48)37(4,5)6)39-32(44)30-20-29(24-42(30)33(25)45)49-35(47)41-22-26-16-13-14-17-27(26)23-41/h10,13-14,16-18,25,28-30H,7-9,11,15,19-24H2,1-6H3,(H,39,44)(H,40,46)/t12?,25-,28-,29-,30+,38-,51-/m1/s1. The van der Waals surface area contributed by atoms with Gasteiger partial charge in [0.25, 0.3) is 5.91 Å². The molecule has 0 radical (unpaired) electrons. The van der Waals surface area contributed by atoms with Gasteiger partial charge in [-0.25, -0.2) is 9.00 Å². The Kier molecular flexibility index (Phi) is 11.5. The third kappa shape index (κ3) is 9.48. The van der Waals surface area contributed by atoms with Gasteiger partial charge in [-0.15, -0.1) is 5.73 Å². The lowest BCUT2D eigenvalue weighted by Gasteiger charge is -2.30. The number of nitrogens with zero attached hydrogens (tertiary/aromatic N) is 2. The number of nitrogens with one attached hydrogen (secondary N) is 2. The van der Waals surface area contributed by atoms with Gasteiger partial charge in [-0.3, -0.25) is 28.8 Å². The number of amides is 4. The van der Waals surface area contributed by atoms with Crippen LogP contribution in [-0.2, 0) is 52.7 Å². The number of carbonyl (C=O) groups excluding carboxylic acids is 5. The maximum absolute atomic E-state index is 14.4. The maximum atomic E-state index is 14.4. The van der Waals surface area contributed by atoms with Gasteiger partial charge in [-0.2, -0.15) is 0 Å². The topological polar surface area (TPSA) is 151 Å². The highest BCUT2D eigenvalue weighted by molar-refractivity contribution is 7.85. The lowest BCUT2D eigenvalue weighted by Crippen LogP contribution is -2.57. The highest BCUT2D eigenvalue weighted by atomic mass is 32.2. The molecule has 1 aromatic rings. The van der Waals surface area contributed by atoms with Gasteiger partial charge >= 0.3 is 12.1 Å². The summed E-state index contributed by atoms with van der Waals surface area (Å²) in [5.41, 5.74) is 3.09. The van der Waals surface area contributed by atoms with E-state index in [9.17, 15) is 28.2 Å². The van der Waals surface area contributed by atoms with Crippen molar-refractivity contribution < 1.29 is 37.7 Å². The third-order valence-corrected chi connectivity index (χ3v) is 11.2. The van der Waals surface area contributed by atoms with E-state index < -0.39 is 80.6 Å². The number of rotatable bonds is 5. The van der Waals surface area contributed by atoms with E-state index in [1.807, 2.05) is 30.3 Å². The number of hydrogen-bond donors (Lipinski definition) is 2. The number of carbonyl (C=O) groups is 5. The molecule has 6 atom stereocenters. The molecule has 2 fully saturated rings. The van der Waals surface area contributed by atoms with Crippen LogP contribution >= 0.6 is 0 Å². The van der Waals surface area contributed by atoms with Crippen molar-refractivity contribution in [3.63, 3.8) is 0 Å². The summed E-state index contributed by atoms with van der Waals surface area (Å²) < 4.78 is 26.3. The molecule has 5 rings (SSSR count). The molecule has 51 heavy (non-hydrogen) atoms. The highest BCUT2D eigenvalue weighted by Gasteiger charge is 2.61. The van der Waals surface area contributed by atoms with E-state index >= 15 is 0 Å². The molecule has 278 valence electrons. The fourth-order valence-corrected chi connectivity index (χ4v) is 7.51. The van der Waals surface area contributed by atoms with Crippen LogP contribution in [0, 0.1) is 11.8 Å². The largest absolute Gasteiger partial charge is 0.460 e. The van der Waals surface area contributed by atoms with Crippen LogP contribution in [0.4, 0.5) is 4.79 Å². The number of benzene rings is 1. The second-order valence-electron chi connectivity index (χ2n) is 16.1. The van der Waals surface area contributed by atoms with E-state index in [2.05, 4.69) is 15.8 Å². The van der Waals surface area contributed by atoms with Crippen LogP contribution in [0.2, 0.25) is 0 Å². The average molecular weight is 725 g/mol. The number of ether oxygens (including phenoxy) is 2. The molecule has 0 aromatic heterocycles. The van der Waals surface area contributed by atoms with Gasteiger partial charge in [0, 0.05) is 31.3 Å². The second-order valence-corrected chi connectivity index (χ2v) is 18.1. The minimum atomic E-state index is -1.73. The van der Waals surface area contributed by atoms with Crippen LogP contribution in [0.15, 0.2) is 42.1 Å². The predicted octanol–water partition coefficient (Wildman–Crippen LogP) is 4.59. The molecule has 1 aromatic carbocycles. The molecule has 0 spiro atoms. The Bertz CT molecular complexity index is 1600. The number of hydrogen-bond acceptors (Lipinski definition) is 8. The molecule has 3 heterocycles. The molecule has 3 aliphatic heterocycles. The van der Waals surface area contributed by atoms with Crippen LogP contribution in [0.3, 0.4) is 0 Å². The van der Waals surface area contributed by atoms with Crippen molar-refractivity contribution in [1.29, 1.82) is 0 Å². The molecule has 0 unspecified atom stereocenters. The van der Waals surface area contributed by atoms with Crippen molar-refractivity contribution in [2.24, 2.45) is 11.8 Å². The first-order chi connectivity index (χ1) is 24.0. The minimum Gasteiger partial charge on any atom is -0.460 e. The summed E-state index contributed by atoms with van der Waals surface area (Å²) in [5.74, 6) is -3.25. The normalized spacial score (nSPS) is 27.5. The molecule has 0 bridgehead atoms.